The molecule has 0 aromatic heterocycles. The first-order chi connectivity index (χ1) is 9.81. The lowest BCUT2D eigenvalue weighted by molar-refractivity contribution is -0.121. The molecule has 0 fully saturated rings. The molecule has 1 aromatic carbocycles. The third-order valence-electron chi connectivity index (χ3n) is 2.69. The van der Waals surface area contributed by atoms with Crippen molar-refractivity contribution in [3.05, 3.63) is 27.7 Å². The first kappa shape index (κ1) is 17.6. The van der Waals surface area contributed by atoms with Gasteiger partial charge in [0.25, 0.3) is 5.91 Å². The zero-order valence-corrected chi connectivity index (χ0v) is 13.5. The van der Waals surface area contributed by atoms with Gasteiger partial charge in [-0.1, -0.05) is 37.0 Å². The molecule has 5 nitrogen and oxygen atoms in total. The minimum atomic E-state index is -0.351. The van der Waals surface area contributed by atoms with E-state index < -0.39 is 0 Å². The maximum Gasteiger partial charge on any atom is 0.251 e. The second-order valence-corrected chi connectivity index (χ2v) is 5.87. The highest BCUT2D eigenvalue weighted by Crippen LogP contribution is 2.28. The first-order valence-electron chi connectivity index (χ1n) is 6.60. The molecule has 0 aliphatic carbocycles. The number of carbonyl (C=O) groups is 2. The van der Waals surface area contributed by atoms with Gasteiger partial charge in [-0.25, -0.2) is 0 Å². The standard InChI is InChI=1S/C14H19Cl2N3O2/c1-8(2)7-19-12(20)3-4-18-14(21)9-5-10(15)13(17)11(16)6-9/h5-6,8H,3-4,7,17H2,1-2H3,(H,18,21)(H,19,20). The van der Waals surface area contributed by atoms with E-state index in [0.717, 1.165) is 0 Å². The van der Waals surface area contributed by atoms with E-state index in [-0.39, 0.29) is 40.5 Å². The van der Waals surface area contributed by atoms with Crippen LogP contribution in [0.15, 0.2) is 12.1 Å². The maximum absolute atomic E-state index is 11.9. The first-order valence-corrected chi connectivity index (χ1v) is 7.36. The van der Waals surface area contributed by atoms with Gasteiger partial charge in [0.1, 0.15) is 0 Å². The van der Waals surface area contributed by atoms with Crippen LogP contribution >= 0.6 is 23.2 Å². The van der Waals surface area contributed by atoms with Gasteiger partial charge in [0.05, 0.1) is 15.7 Å². The lowest BCUT2D eigenvalue weighted by Gasteiger charge is -2.09. The van der Waals surface area contributed by atoms with Gasteiger partial charge in [-0.15, -0.1) is 0 Å². The number of nitrogen functional groups attached to an aromatic ring is 1. The molecule has 1 rings (SSSR count). The highest BCUT2D eigenvalue weighted by molar-refractivity contribution is 6.39. The van der Waals surface area contributed by atoms with Crippen molar-refractivity contribution in [3.63, 3.8) is 0 Å². The van der Waals surface area contributed by atoms with Crippen LogP contribution in [0.5, 0.6) is 0 Å². The van der Waals surface area contributed by atoms with Crippen molar-refractivity contribution in [2.45, 2.75) is 20.3 Å². The third-order valence-corrected chi connectivity index (χ3v) is 3.31. The Bertz CT molecular complexity index is 510. The molecule has 1 aromatic rings. The van der Waals surface area contributed by atoms with Crippen molar-refractivity contribution >= 4 is 40.7 Å². The minimum absolute atomic E-state index is 0.0997. The zero-order valence-electron chi connectivity index (χ0n) is 12.0. The lowest BCUT2D eigenvalue weighted by atomic mass is 10.2. The Kier molecular flexibility index (Phi) is 6.78. The Balaban J connectivity index is 2.46. The molecule has 0 heterocycles. The summed E-state index contributed by atoms with van der Waals surface area (Å²) in [6, 6.07) is 2.88. The minimum Gasteiger partial charge on any atom is -0.396 e. The van der Waals surface area contributed by atoms with Crippen molar-refractivity contribution < 1.29 is 9.59 Å². The number of hydrogen-bond acceptors (Lipinski definition) is 3. The van der Waals surface area contributed by atoms with E-state index in [1.165, 1.54) is 12.1 Å². The monoisotopic (exact) mass is 331 g/mol. The van der Waals surface area contributed by atoms with Gasteiger partial charge < -0.3 is 16.4 Å². The number of amides is 2. The molecule has 0 unspecified atom stereocenters. The third kappa shape index (κ3) is 5.81. The van der Waals surface area contributed by atoms with E-state index in [9.17, 15) is 9.59 Å². The molecule has 116 valence electrons. The molecule has 4 N–H and O–H groups in total. The number of carbonyl (C=O) groups excluding carboxylic acids is 2. The average Bonchev–Trinajstić information content (AvgIpc) is 2.41. The number of hydrogen-bond donors (Lipinski definition) is 3. The van der Waals surface area contributed by atoms with Gasteiger partial charge >= 0.3 is 0 Å². The Morgan fingerprint density at radius 2 is 1.76 bits per heavy atom. The van der Waals surface area contributed by atoms with Crippen LogP contribution in [0, 0.1) is 5.92 Å². The highest BCUT2D eigenvalue weighted by atomic mass is 35.5. The van der Waals surface area contributed by atoms with Gasteiger partial charge in [0.2, 0.25) is 5.91 Å². The SMILES string of the molecule is CC(C)CNC(=O)CCNC(=O)c1cc(Cl)c(N)c(Cl)c1. The fraction of sp³-hybridized carbons (Fsp3) is 0.429. The summed E-state index contributed by atoms with van der Waals surface area (Å²) in [6.07, 6.45) is 0.217. The molecule has 0 aliphatic heterocycles. The summed E-state index contributed by atoms with van der Waals surface area (Å²) in [6.45, 7) is 4.88. The van der Waals surface area contributed by atoms with E-state index in [1.807, 2.05) is 13.8 Å². The van der Waals surface area contributed by atoms with Crippen LogP contribution in [0.2, 0.25) is 10.0 Å². The van der Waals surface area contributed by atoms with E-state index in [4.69, 9.17) is 28.9 Å². The normalized spacial score (nSPS) is 10.5. The number of rotatable bonds is 6. The van der Waals surface area contributed by atoms with E-state index >= 15 is 0 Å². The van der Waals surface area contributed by atoms with Gasteiger partial charge in [0.15, 0.2) is 0 Å². The smallest absolute Gasteiger partial charge is 0.251 e. The number of halogens is 2. The van der Waals surface area contributed by atoms with Crippen LogP contribution in [-0.2, 0) is 4.79 Å². The zero-order chi connectivity index (χ0) is 16.0. The van der Waals surface area contributed by atoms with Crippen LogP contribution in [0.3, 0.4) is 0 Å². The summed E-state index contributed by atoms with van der Waals surface area (Å²) in [5.74, 6) is -0.0598. The highest BCUT2D eigenvalue weighted by Gasteiger charge is 2.11. The van der Waals surface area contributed by atoms with Gasteiger partial charge in [0, 0.05) is 25.1 Å². The van der Waals surface area contributed by atoms with Crippen molar-refractivity contribution in [1.82, 2.24) is 10.6 Å². The average molecular weight is 332 g/mol. The van der Waals surface area contributed by atoms with Crippen molar-refractivity contribution in [3.8, 4) is 0 Å². The van der Waals surface area contributed by atoms with Crippen LogP contribution in [-0.4, -0.2) is 24.9 Å². The van der Waals surface area contributed by atoms with Gasteiger partial charge in [-0.2, -0.15) is 0 Å². The molecule has 21 heavy (non-hydrogen) atoms. The van der Waals surface area contributed by atoms with Gasteiger partial charge in [-0.3, -0.25) is 9.59 Å². The number of anilines is 1. The molecule has 0 spiro atoms. The molecule has 0 aliphatic rings. The van der Waals surface area contributed by atoms with Crippen LogP contribution in [0.25, 0.3) is 0 Å². The predicted octanol–water partition coefficient (Wildman–Crippen LogP) is 2.47. The lowest BCUT2D eigenvalue weighted by Crippen LogP contribution is -2.32. The Morgan fingerprint density at radius 1 is 1.19 bits per heavy atom. The number of nitrogens with two attached hydrogens (primary N) is 1. The van der Waals surface area contributed by atoms with Crippen LogP contribution in [0.1, 0.15) is 30.6 Å². The second kappa shape index (κ2) is 8.10. The Morgan fingerprint density at radius 3 is 2.29 bits per heavy atom. The molecule has 7 heteroatoms. The van der Waals surface area contributed by atoms with Crippen LogP contribution in [0.4, 0.5) is 5.69 Å². The number of nitrogens with one attached hydrogen (secondary N) is 2. The molecule has 0 saturated carbocycles. The second-order valence-electron chi connectivity index (χ2n) is 5.06. The Labute approximate surface area is 134 Å². The summed E-state index contributed by atoms with van der Waals surface area (Å²) >= 11 is 11.7. The molecular weight excluding hydrogens is 313 g/mol. The van der Waals surface area contributed by atoms with E-state index in [2.05, 4.69) is 10.6 Å². The molecule has 0 atom stereocenters. The molecular formula is C14H19Cl2N3O2. The maximum atomic E-state index is 11.9. The fourth-order valence-electron chi connectivity index (χ4n) is 1.51. The van der Waals surface area contributed by atoms with Gasteiger partial charge in [-0.05, 0) is 18.1 Å². The van der Waals surface area contributed by atoms with E-state index in [0.29, 0.717) is 18.0 Å². The summed E-state index contributed by atoms with van der Waals surface area (Å²) in [7, 11) is 0. The van der Waals surface area contributed by atoms with E-state index in [1.54, 1.807) is 0 Å². The van der Waals surface area contributed by atoms with Crippen molar-refractivity contribution in [1.29, 1.82) is 0 Å². The summed E-state index contributed by atoms with van der Waals surface area (Å²) in [5.41, 5.74) is 6.15. The topological polar surface area (TPSA) is 84.2 Å². The molecule has 0 saturated heterocycles. The Hall–Kier alpha value is -1.46. The molecule has 0 radical (unpaired) electrons. The fourth-order valence-corrected chi connectivity index (χ4v) is 2.00. The predicted molar refractivity (Wildman–Crippen MR) is 85.7 cm³/mol. The summed E-state index contributed by atoms with van der Waals surface area (Å²) < 4.78 is 0. The number of benzene rings is 1. The summed E-state index contributed by atoms with van der Waals surface area (Å²) in [5, 5.41) is 5.85. The quantitative estimate of drug-likeness (QED) is 0.700. The molecule has 0 bridgehead atoms. The van der Waals surface area contributed by atoms with Crippen molar-refractivity contribution in [2.75, 3.05) is 18.8 Å². The molecule has 2 amide bonds. The largest absolute Gasteiger partial charge is 0.396 e. The summed E-state index contributed by atoms with van der Waals surface area (Å²) in [4.78, 5) is 23.4. The van der Waals surface area contributed by atoms with Crippen molar-refractivity contribution in [2.24, 2.45) is 5.92 Å². The van der Waals surface area contributed by atoms with Crippen LogP contribution < -0.4 is 16.4 Å².